The van der Waals surface area contributed by atoms with Gasteiger partial charge in [0.25, 0.3) is 5.56 Å². The van der Waals surface area contributed by atoms with Crippen molar-refractivity contribution in [3.63, 3.8) is 0 Å². The molecule has 7 nitrogen and oxygen atoms in total. The average molecular weight is 487 g/mol. The molecule has 5 rings (SSSR count). The number of rotatable bonds is 4. The second-order valence-corrected chi connectivity index (χ2v) is 8.92. The Kier molecular flexibility index (Phi) is 5.35. The summed E-state index contributed by atoms with van der Waals surface area (Å²) in [5.41, 5.74) is -0.876. The van der Waals surface area contributed by atoms with Crippen molar-refractivity contribution < 1.29 is 22.8 Å². The van der Waals surface area contributed by atoms with Crippen LogP contribution in [-0.2, 0) is 19.0 Å². The van der Waals surface area contributed by atoms with E-state index in [0.717, 1.165) is 42.2 Å². The first-order valence-electron chi connectivity index (χ1n) is 10.4. The Balaban J connectivity index is 1.59. The fourth-order valence-electron chi connectivity index (χ4n) is 4.08. The van der Waals surface area contributed by atoms with Crippen LogP contribution in [0.5, 0.6) is 11.5 Å². The van der Waals surface area contributed by atoms with Crippen LogP contribution in [-0.4, -0.2) is 14.9 Å². The highest BCUT2D eigenvalue weighted by Crippen LogP contribution is 2.40. The Morgan fingerprint density at radius 3 is 2.62 bits per heavy atom. The lowest BCUT2D eigenvalue weighted by Crippen LogP contribution is -2.11. The molecule has 0 radical (unpaired) electrons. The minimum Gasteiger partial charge on any atom is -0.449 e. The number of H-pyrrole nitrogens is 1. The van der Waals surface area contributed by atoms with E-state index in [2.05, 4.69) is 9.97 Å². The van der Waals surface area contributed by atoms with E-state index in [1.54, 1.807) is 18.2 Å². The molecule has 1 N–H and O–H groups in total. The van der Waals surface area contributed by atoms with Crippen LogP contribution in [0.4, 0.5) is 18.9 Å². The third kappa shape index (κ3) is 3.92. The number of nitro groups is 1. The van der Waals surface area contributed by atoms with Gasteiger partial charge in [0.15, 0.2) is 0 Å². The molecule has 2 heterocycles. The Bertz CT molecular complexity index is 1490. The number of fused-ring (bicyclic) bond motifs is 3. The smallest absolute Gasteiger partial charge is 0.416 e. The maximum atomic E-state index is 13.0. The molecule has 34 heavy (non-hydrogen) atoms. The molecule has 11 heteroatoms. The van der Waals surface area contributed by atoms with Gasteiger partial charge in [-0.25, -0.2) is 4.98 Å². The van der Waals surface area contributed by atoms with Gasteiger partial charge >= 0.3 is 11.9 Å². The first-order valence-corrected chi connectivity index (χ1v) is 11.2. The van der Waals surface area contributed by atoms with Crippen LogP contribution < -0.4 is 10.3 Å². The highest BCUT2D eigenvalue weighted by Gasteiger charge is 2.33. The molecule has 2 aromatic carbocycles. The standard InChI is InChI=1S/C23H16F3N3O4S/c24-23(25,26)12-9-10-17(15(11-12)29(31)32)33-16-7-3-1-5-13(16)20-27-21(30)19-14-6-2-4-8-18(14)34-22(19)28-20/h1,3,5,7,9-11H,2,4,6,8H2,(H,27,28,30). The number of aromatic nitrogens is 2. The Labute approximate surface area is 194 Å². The van der Waals surface area contributed by atoms with E-state index in [1.165, 1.54) is 17.4 Å². The topological polar surface area (TPSA) is 98.1 Å². The monoisotopic (exact) mass is 487 g/mol. The number of aryl methyl sites for hydroxylation is 2. The van der Waals surface area contributed by atoms with E-state index >= 15 is 0 Å². The summed E-state index contributed by atoms with van der Waals surface area (Å²) in [5.74, 6) is -0.0455. The summed E-state index contributed by atoms with van der Waals surface area (Å²) in [6.07, 6.45) is -0.922. The molecular weight excluding hydrogens is 471 g/mol. The lowest BCUT2D eigenvalue weighted by molar-refractivity contribution is -0.385. The molecule has 0 saturated carbocycles. The summed E-state index contributed by atoms with van der Waals surface area (Å²) >= 11 is 1.48. The normalized spacial score (nSPS) is 13.6. The van der Waals surface area contributed by atoms with Gasteiger partial charge in [0.1, 0.15) is 16.4 Å². The zero-order valence-electron chi connectivity index (χ0n) is 17.4. The van der Waals surface area contributed by atoms with Crippen molar-refractivity contribution >= 4 is 27.2 Å². The van der Waals surface area contributed by atoms with E-state index in [9.17, 15) is 28.1 Å². The largest absolute Gasteiger partial charge is 0.449 e. The first-order chi connectivity index (χ1) is 16.2. The van der Waals surface area contributed by atoms with Crippen LogP contribution in [0.15, 0.2) is 47.3 Å². The number of nitro benzene ring substituents is 1. The van der Waals surface area contributed by atoms with Crippen LogP contribution in [0, 0.1) is 10.1 Å². The number of hydrogen-bond acceptors (Lipinski definition) is 6. The van der Waals surface area contributed by atoms with Crippen molar-refractivity contribution in [1.29, 1.82) is 0 Å². The minimum absolute atomic E-state index is 0.106. The van der Waals surface area contributed by atoms with Crippen molar-refractivity contribution in [2.75, 3.05) is 0 Å². The second kappa shape index (κ2) is 8.24. The van der Waals surface area contributed by atoms with Crippen molar-refractivity contribution in [3.05, 3.63) is 78.9 Å². The SMILES string of the molecule is O=c1[nH]c(-c2ccccc2Oc2ccc(C(F)(F)F)cc2[N+](=O)[O-])nc2sc3c(c12)CCCC3. The molecule has 0 amide bonds. The van der Waals surface area contributed by atoms with Gasteiger partial charge in [-0.1, -0.05) is 12.1 Å². The summed E-state index contributed by atoms with van der Waals surface area (Å²) in [6, 6.07) is 8.45. The minimum atomic E-state index is -4.74. The predicted molar refractivity (Wildman–Crippen MR) is 120 cm³/mol. The van der Waals surface area contributed by atoms with Gasteiger partial charge in [0.2, 0.25) is 5.75 Å². The van der Waals surface area contributed by atoms with Gasteiger partial charge in [0, 0.05) is 10.9 Å². The van der Waals surface area contributed by atoms with Gasteiger partial charge in [-0.2, -0.15) is 13.2 Å². The van der Waals surface area contributed by atoms with E-state index in [0.29, 0.717) is 27.9 Å². The van der Waals surface area contributed by atoms with Crippen LogP contribution in [0.2, 0.25) is 0 Å². The number of hydrogen-bond donors (Lipinski definition) is 1. The van der Waals surface area contributed by atoms with Gasteiger partial charge < -0.3 is 9.72 Å². The lowest BCUT2D eigenvalue weighted by atomic mass is 9.97. The molecule has 0 atom stereocenters. The number of benzene rings is 2. The molecule has 1 aliphatic rings. The molecule has 0 fully saturated rings. The maximum Gasteiger partial charge on any atom is 0.416 e. The van der Waals surface area contributed by atoms with E-state index < -0.39 is 22.4 Å². The zero-order valence-corrected chi connectivity index (χ0v) is 18.3. The summed E-state index contributed by atoms with van der Waals surface area (Å²) in [4.78, 5) is 32.6. The quantitative estimate of drug-likeness (QED) is 0.271. The van der Waals surface area contributed by atoms with E-state index in [1.807, 2.05) is 0 Å². The zero-order chi connectivity index (χ0) is 24.0. The first kappa shape index (κ1) is 22.1. The maximum absolute atomic E-state index is 13.0. The number of nitrogens with one attached hydrogen (secondary N) is 1. The lowest BCUT2D eigenvalue weighted by Gasteiger charge is -2.12. The molecule has 0 spiro atoms. The van der Waals surface area contributed by atoms with Crippen LogP contribution in [0.25, 0.3) is 21.6 Å². The number of halogens is 3. The third-order valence-electron chi connectivity index (χ3n) is 5.67. The molecular formula is C23H16F3N3O4S. The number of nitrogens with zero attached hydrogens (tertiary/aromatic N) is 2. The Morgan fingerprint density at radius 1 is 1.09 bits per heavy atom. The van der Waals surface area contributed by atoms with Crippen LogP contribution in [0.3, 0.4) is 0 Å². The van der Waals surface area contributed by atoms with Crippen molar-refractivity contribution in [3.8, 4) is 22.9 Å². The summed E-state index contributed by atoms with van der Waals surface area (Å²) < 4.78 is 44.8. The number of ether oxygens (including phenoxy) is 1. The van der Waals surface area contributed by atoms with Crippen molar-refractivity contribution in [2.45, 2.75) is 31.9 Å². The number of para-hydroxylation sites is 1. The van der Waals surface area contributed by atoms with Crippen molar-refractivity contribution in [2.24, 2.45) is 0 Å². The highest BCUT2D eigenvalue weighted by atomic mass is 32.1. The van der Waals surface area contributed by atoms with Gasteiger partial charge in [0.05, 0.1) is 21.4 Å². The molecule has 0 unspecified atom stereocenters. The molecule has 0 saturated heterocycles. The van der Waals surface area contributed by atoms with Gasteiger partial charge in [-0.05, 0) is 55.5 Å². The molecule has 2 aromatic heterocycles. The van der Waals surface area contributed by atoms with E-state index in [4.69, 9.17) is 4.74 Å². The predicted octanol–water partition coefficient (Wildman–Crippen LogP) is 6.25. The summed E-state index contributed by atoms with van der Waals surface area (Å²) in [7, 11) is 0. The average Bonchev–Trinajstić information content (AvgIpc) is 3.18. The third-order valence-corrected chi connectivity index (χ3v) is 6.86. The molecule has 0 bridgehead atoms. The fraction of sp³-hybridized carbons (Fsp3) is 0.217. The molecule has 1 aliphatic carbocycles. The summed E-state index contributed by atoms with van der Waals surface area (Å²) in [5, 5.41) is 12.0. The summed E-state index contributed by atoms with van der Waals surface area (Å²) in [6.45, 7) is 0. The number of aromatic amines is 1. The van der Waals surface area contributed by atoms with Gasteiger partial charge in [-0.15, -0.1) is 11.3 Å². The number of alkyl halides is 3. The Morgan fingerprint density at radius 2 is 1.85 bits per heavy atom. The molecule has 4 aromatic rings. The second-order valence-electron chi connectivity index (χ2n) is 7.84. The fourth-order valence-corrected chi connectivity index (χ4v) is 5.35. The van der Waals surface area contributed by atoms with Crippen LogP contribution >= 0.6 is 11.3 Å². The Hall–Kier alpha value is -3.73. The highest BCUT2D eigenvalue weighted by molar-refractivity contribution is 7.18. The van der Waals surface area contributed by atoms with Crippen molar-refractivity contribution in [1.82, 2.24) is 9.97 Å². The van der Waals surface area contributed by atoms with Crippen LogP contribution in [0.1, 0.15) is 28.8 Å². The molecule has 174 valence electrons. The molecule has 0 aliphatic heterocycles. The van der Waals surface area contributed by atoms with Gasteiger partial charge in [-0.3, -0.25) is 14.9 Å². The van der Waals surface area contributed by atoms with E-state index in [-0.39, 0.29) is 22.9 Å². The number of thiophene rings is 1.